The normalized spacial score (nSPS) is 10.4. The summed E-state index contributed by atoms with van der Waals surface area (Å²) in [6.45, 7) is 4.64. The van der Waals surface area contributed by atoms with Crippen LogP contribution in [0.5, 0.6) is 0 Å². The van der Waals surface area contributed by atoms with Gasteiger partial charge < -0.3 is 9.30 Å². The molecule has 0 spiro atoms. The van der Waals surface area contributed by atoms with Crippen LogP contribution in [0.2, 0.25) is 0 Å². The molecule has 3 aromatic carbocycles. The highest BCUT2D eigenvalue weighted by molar-refractivity contribution is 5.96. The molecular formula is C27H28N2O2. The van der Waals surface area contributed by atoms with Crippen LogP contribution in [0.4, 0.5) is 0 Å². The SMILES string of the molecule is CC.COC(=O)c1ccc2c(c1)c(CCc1ccc3ccccc3c1)cn2CCC#N. The standard InChI is InChI=1S/C25H22N2O2.C2H6/c1-29-25(28)21-11-12-24-23(16-21)22(17-27(24)14-4-13-26)10-8-18-7-9-19-5-2-3-6-20(19)15-18;1-2/h2-3,5-7,9,11-12,15-17H,4,8,10,14H2,1H3;1-2H3. The first-order valence-corrected chi connectivity index (χ1v) is 10.7. The lowest BCUT2D eigenvalue weighted by Gasteiger charge is -2.05. The fourth-order valence-electron chi connectivity index (χ4n) is 3.84. The maximum absolute atomic E-state index is 12.0. The quantitative estimate of drug-likeness (QED) is 0.349. The van der Waals surface area contributed by atoms with Crippen molar-refractivity contribution in [3.8, 4) is 6.07 Å². The molecule has 0 aliphatic carbocycles. The summed E-state index contributed by atoms with van der Waals surface area (Å²) in [6, 6.07) is 22.8. The van der Waals surface area contributed by atoms with Crippen LogP contribution in [0.3, 0.4) is 0 Å². The van der Waals surface area contributed by atoms with Crippen molar-refractivity contribution in [2.45, 2.75) is 39.7 Å². The molecule has 0 amide bonds. The van der Waals surface area contributed by atoms with Crippen LogP contribution < -0.4 is 0 Å². The Hall–Kier alpha value is -3.58. The first kappa shape index (κ1) is 22.1. The lowest BCUT2D eigenvalue weighted by molar-refractivity contribution is 0.0601. The van der Waals surface area contributed by atoms with Crippen molar-refractivity contribution in [1.29, 1.82) is 5.26 Å². The van der Waals surface area contributed by atoms with Gasteiger partial charge in [0, 0.05) is 23.6 Å². The smallest absolute Gasteiger partial charge is 0.337 e. The van der Waals surface area contributed by atoms with Crippen LogP contribution in [0.15, 0.2) is 66.9 Å². The molecule has 0 atom stereocenters. The Morgan fingerprint density at radius 2 is 1.77 bits per heavy atom. The maximum atomic E-state index is 12.0. The van der Waals surface area contributed by atoms with E-state index in [4.69, 9.17) is 10.00 Å². The molecule has 0 bridgehead atoms. The molecule has 0 N–H and O–H groups in total. The Bertz CT molecular complexity index is 1230. The van der Waals surface area contributed by atoms with Crippen molar-refractivity contribution in [2.24, 2.45) is 0 Å². The van der Waals surface area contributed by atoms with Gasteiger partial charge in [-0.3, -0.25) is 0 Å². The number of nitrogens with zero attached hydrogens (tertiary/aromatic N) is 2. The highest BCUT2D eigenvalue weighted by Crippen LogP contribution is 2.26. The summed E-state index contributed by atoms with van der Waals surface area (Å²) in [5.41, 5.74) is 4.05. The van der Waals surface area contributed by atoms with E-state index in [1.54, 1.807) is 6.07 Å². The largest absolute Gasteiger partial charge is 0.465 e. The summed E-state index contributed by atoms with van der Waals surface area (Å²) in [7, 11) is 1.39. The second-order valence-electron chi connectivity index (χ2n) is 7.16. The number of carbonyl (C=O) groups is 1. The monoisotopic (exact) mass is 412 g/mol. The molecule has 0 radical (unpaired) electrons. The van der Waals surface area contributed by atoms with Gasteiger partial charge in [-0.05, 0) is 52.9 Å². The molecule has 1 aromatic heterocycles. The van der Waals surface area contributed by atoms with Gasteiger partial charge in [0.15, 0.2) is 0 Å². The summed E-state index contributed by atoms with van der Waals surface area (Å²) in [5, 5.41) is 12.5. The van der Waals surface area contributed by atoms with E-state index in [-0.39, 0.29) is 5.97 Å². The Labute approximate surface area is 183 Å². The van der Waals surface area contributed by atoms with Gasteiger partial charge in [0.1, 0.15) is 0 Å². The molecule has 0 saturated heterocycles. The van der Waals surface area contributed by atoms with Crippen LogP contribution in [0.1, 0.15) is 41.8 Å². The summed E-state index contributed by atoms with van der Waals surface area (Å²) in [5.74, 6) is -0.336. The summed E-state index contributed by atoms with van der Waals surface area (Å²) >= 11 is 0. The molecule has 0 fully saturated rings. The van der Waals surface area contributed by atoms with E-state index in [0.29, 0.717) is 18.5 Å². The summed E-state index contributed by atoms with van der Waals surface area (Å²) in [6.07, 6.45) is 4.33. The van der Waals surface area contributed by atoms with Crippen molar-refractivity contribution >= 4 is 27.6 Å². The third kappa shape index (κ3) is 4.95. The van der Waals surface area contributed by atoms with Crippen molar-refractivity contribution in [2.75, 3.05) is 7.11 Å². The highest BCUT2D eigenvalue weighted by Gasteiger charge is 2.13. The first-order chi connectivity index (χ1) is 15.2. The van der Waals surface area contributed by atoms with E-state index in [0.717, 1.165) is 23.7 Å². The van der Waals surface area contributed by atoms with E-state index in [1.165, 1.54) is 29.0 Å². The number of methoxy groups -OCH3 is 1. The topological polar surface area (TPSA) is 55.0 Å². The van der Waals surface area contributed by atoms with Gasteiger partial charge in [-0.1, -0.05) is 56.3 Å². The van der Waals surface area contributed by atoms with Crippen molar-refractivity contribution in [3.05, 3.63) is 83.6 Å². The molecular weight excluding hydrogens is 384 g/mol. The van der Waals surface area contributed by atoms with Gasteiger partial charge in [0.2, 0.25) is 0 Å². The number of aryl methyl sites for hydroxylation is 3. The van der Waals surface area contributed by atoms with Gasteiger partial charge in [0.05, 0.1) is 25.2 Å². The van der Waals surface area contributed by atoms with E-state index in [2.05, 4.69) is 59.3 Å². The fourth-order valence-corrected chi connectivity index (χ4v) is 3.84. The number of rotatable bonds is 6. The minimum atomic E-state index is -0.336. The number of fused-ring (bicyclic) bond motifs is 2. The van der Waals surface area contributed by atoms with Crippen molar-refractivity contribution in [1.82, 2.24) is 4.57 Å². The van der Waals surface area contributed by atoms with Crippen LogP contribution in [-0.2, 0) is 24.1 Å². The molecule has 4 aromatic rings. The predicted molar refractivity (Wildman–Crippen MR) is 126 cm³/mol. The Morgan fingerprint density at radius 1 is 1.00 bits per heavy atom. The molecule has 1 heterocycles. The second-order valence-corrected chi connectivity index (χ2v) is 7.16. The number of ether oxygens (including phenoxy) is 1. The number of esters is 1. The molecule has 31 heavy (non-hydrogen) atoms. The van der Waals surface area contributed by atoms with Crippen LogP contribution in [0.25, 0.3) is 21.7 Å². The number of hydrogen-bond acceptors (Lipinski definition) is 3. The van der Waals surface area contributed by atoms with Crippen LogP contribution in [0, 0.1) is 11.3 Å². The lowest BCUT2D eigenvalue weighted by atomic mass is 10.0. The summed E-state index contributed by atoms with van der Waals surface area (Å²) < 4.78 is 6.98. The van der Waals surface area contributed by atoms with Gasteiger partial charge in [0.25, 0.3) is 0 Å². The maximum Gasteiger partial charge on any atom is 0.337 e. The second kappa shape index (κ2) is 10.4. The van der Waals surface area contributed by atoms with Gasteiger partial charge in [-0.25, -0.2) is 4.79 Å². The number of hydrogen-bond donors (Lipinski definition) is 0. The zero-order valence-corrected chi connectivity index (χ0v) is 18.4. The first-order valence-electron chi connectivity index (χ1n) is 10.7. The third-order valence-electron chi connectivity index (χ3n) is 5.35. The Kier molecular flexibility index (Phi) is 7.45. The van der Waals surface area contributed by atoms with E-state index >= 15 is 0 Å². The number of aromatic nitrogens is 1. The highest BCUT2D eigenvalue weighted by atomic mass is 16.5. The molecule has 4 nitrogen and oxygen atoms in total. The molecule has 0 aliphatic heterocycles. The molecule has 0 aliphatic rings. The molecule has 4 heteroatoms. The van der Waals surface area contributed by atoms with Gasteiger partial charge >= 0.3 is 5.97 Å². The molecule has 0 unspecified atom stereocenters. The summed E-state index contributed by atoms with van der Waals surface area (Å²) in [4.78, 5) is 12.0. The number of carbonyl (C=O) groups excluding carboxylic acids is 1. The Balaban J connectivity index is 0.00000132. The fraction of sp³-hybridized carbons (Fsp3) is 0.259. The zero-order valence-electron chi connectivity index (χ0n) is 18.4. The zero-order chi connectivity index (χ0) is 22.2. The van der Waals surface area contributed by atoms with Crippen LogP contribution >= 0.6 is 0 Å². The lowest BCUT2D eigenvalue weighted by Crippen LogP contribution is -2.01. The minimum absolute atomic E-state index is 0.336. The molecule has 4 rings (SSSR count). The van der Waals surface area contributed by atoms with E-state index in [1.807, 2.05) is 26.0 Å². The number of benzene rings is 3. The van der Waals surface area contributed by atoms with E-state index in [9.17, 15) is 4.79 Å². The average molecular weight is 413 g/mol. The number of nitriles is 1. The minimum Gasteiger partial charge on any atom is -0.465 e. The molecule has 0 saturated carbocycles. The van der Waals surface area contributed by atoms with Crippen LogP contribution in [-0.4, -0.2) is 17.6 Å². The average Bonchev–Trinajstić information content (AvgIpc) is 3.18. The van der Waals surface area contributed by atoms with Crippen molar-refractivity contribution < 1.29 is 9.53 Å². The molecule has 158 valence electrons. The van der Waals surface area contributed by atoms with Crippen molar-refractivity contribution in [3.63, 3.8) is 0 Å². The third-order valence-corrected chi connectivity index (χ3v) is 5.35. The Morgan fingerprint density at radius 3 is 2.52 bits per heavy atom. The van der Waals surface area contributed by atoms with Gasteiger partial charge in [-0.15, -0.1) is 0 Å². The van der Waals surface area contributed by atoms with Gasteiger partial charge in [-0.2, -0.15) is 5.26 Å². The predicted octanol–water partition coefficient (Wildman–Crippen LogP) is 6.31. The van der Waals surface area contributed by atoms with E-state index < -0.39 is 0 Å².